The Labute approximate surface area is 77.7 Å². The van der Waals surface area contributed by atoms with E-state index in [9.17, 15) is 0 Å². The van der Waals surface area contributed by atoms with E-state index in [1.165, 1.54) is 16.7 Å². The lowest BCUT2D eigenvalue weighted by Crippen LogP contribution is -2.23. The molecule has 12 heavy (non-hydrogen) atoms. The van der Waals surface area contributed by atoms with Crippen molar-refractivity contribution >= 4 is 11.6 Å². The second-order valence-corrected chi connectivity index (χ2v) is 3.70. The second-order valence-electron chi connectivity index (χ2n) is 3.30. The average molecular weight is 182 g/mol. The molecule has 1 aliphatic heterocycles. The molecule has 0 unspecified atom stereocenters. The first kappa shape index (κ1) is 8.09. The van der Waals surface area contributed by atoms with Crippen LogP contribution in [-0.2, 0) is 13.0 Å². The van der Waals surface area contributed by atoms with Gasteiger partial charge >= 0.3 is 0 Å². The van der Waals surface area contributed by atoms with E-state index >= 15 is 0 Å². The summed E-state index contributed by atoms with van der Waals surface area (Å²) >= 11 is 6.03. The van der Waals surface area contributed by atoms with Crippen LogP contribution in [0.5, 0.6) is 0 Å². The summed E-state index contributed by atoms with van der Waals surface area (Å²) in [5, 5.41) is 4.24. The molecule has 0 saturated carbocycles. The molecular formula is C10H12ClN. The number of halogens is 1. The highest BCUT2D eigenvalue weighted by molar-refractivity contribution is 6.31. The van der Waals surface area contributed by atoms with E-state index in [0.29, 0.717) is 0 Å². The third kappa shape index (κ3) is 1.35. The average Bonchev–Trinajstić information content (AvgIpc) is 2.07. The van der Waals surface area contributed by atoms with Crippen LogP contribution in [0.3, 0.4) is 0 Å². The topological polar surface area (TPSA) is 12.0 Å². The minimum atomic E-state index is 0.899. The van der Waals surface area contributed by atoms with E-state index in [1.54, 1.807) is 0 Å². The summed E-state index contributed by atoms with van der Waals surface area (Å²) in [5.74, 6) is 0. The molecule has 1 N–H and O–H groups in total. The molecule has 0 amide bonds. The van der Waals surface area contributed by atoms with Gasteiger partial charge < -0.3 is 5.32 Å². The Hall–Kier alpha value is -0.530. The van der Waals surface area contributed by atoms with Crippen LogP contribution in [0.2, 0.25) is 5.02 Å². The Balaban J connectivity index is 2.49. The standard InChI is InChI=1S/C10H12ClN/c1-7-4-9-6-12-3-2-8(9)5-10(7)11/h4-5,12H,2-3,6H2,1H3. The maximum Gasteiger partial charge on any atom is 0.0438 e. The van der Waals surface area contributed by atoms with E-state index in [1.807, 2.05) is 0 Å². The summed E-state index contributed by atoms with van der Waals surface area (Å²) in [4.78, 5) is 0. The molecule has 0 spiro atoms. The minimum Gasteiger partial charge on any atom is -0.312 e. The van der Waals surface area contributed by atoms with Gasteiger partial charge in [-0.3, -0.25) is 0 Å². The molecular weight excluding hydrogens is 170 g/mol. The maximum absolute atomic E-state index is 6.03. The molecule has 1 heterocycles. The number of hydrogen-bond donors (Lipinski definition) is 1. The predicted molar refractivity (Wildman–Crippen MR) is 51.6 cm³/mol. The summed E-state index contributed by atoms with van der Waals surface area (Å²) in [5.41, 5.74) is 3.99. The lowest BCUT2D eigenvalue weighted by atomic mass is 9.99. The van der Waals surface area contributed by atoms with E-state index in [-0.39, 0.29) is 0 Å². The number of benzene rings is 1. The molecule has 64 valence electrons. The lowest BCUT2D eigenvalue weighted by Gasteiger charge is -2.17. The molecule has 2 rings (SSSR count). The van der Waals surface area contributed by atoms with Gasteiger partial charge in [0.1, 0.15) is 0 Å². The third-order valence-corrected chi connectivity index (χ3v) is 2.77. The number of aryl methyl sites for hydroxylation is 1. The number of rotatable bonds is 0. The minimum absolute atomic E-state index is 0.899. The molecule has 0 radical (unpaired) electrons. The van der Waals surface area contributed by atoms with Crippen molar-refractivity contribution in [2.24, 2.45) is 0 Å². The summed E-state index contributed by atoms with van der Waals surface area (Å²) in [7, 11) is 0. The molecule has 0 saturated heterocycles. The smallest absolute Gasteiger partial charge is 0.0438 e. The molecule has 1 aromatic carbocycles. The largest absolute Gasteiger partial charge is 0.312 e. The van der Waals surface area contributed by atoms with Crippen molar-refractivity contribution in [3.8, 4) is 0 Å². The fraction of sp³-hybridized carbons (Fsp3) is 0.400. The van der Waals surface area contributed by atoms with Crippen molar-refractivity contribution in [2.45, 2.75) is 19.9 Å². The number of fused-ring (bicyclic) bond motifs is 1. The molecule has 1 aliphatic rings. The fourth-order valence-corrected chi connectivity index (χ4v) is 1.81. The normalized spacial score (nSPS) is 15.8. The van der Waals surface area contributed by atoms with Gasteiger partial charge in [0.05, 0.1) is 0 Å². The zero-order valence-corrected chi connectivity index (χ0v) is 7.91. The van der Waals surface area contributed by atoms with Gasteiger partial charge in [-0.15, -0.1) is 0 Å². The Kier molecular flexibility index (Phi) is 2.07. The van der Waals surface area contributed by atoms with Crippen LogP contribution in [0, 0.1) is 6.92 Å². The molecule has 0 atom stereocenters. The van der Waals surface area contributed by atoms with Gasteiger partial charge in [-0.25, -0.2) is 0 Å². The predicted octanol–water partition coefficient (Wildman–Crippen LogP) is 2.29. The molecule has 1 aromatic rings. The Morgan fingerprint density at radius 3 is 3.00 bits per heavy atom. The summed E-state index contributed by atoms with van der Waals surface area (Å²) in [6, 6.07) is 4.29. The quantitative estimate of drug-likeness (QED) is 0.648. The highest BCUT2D eigenvalue weighted by Gasteiger charge is 2.09. The van der Waals surface area contributed by atoms with Crippen molar-refractivity contribution in [1.29, 1.82) is 0 Å². The van der Waals surface area contributed by atoms with Crippen LogP contribution in [0.1, 0.15) is 16.7 Å². The first-order valence-electron chi connectivity index (χ1n) is 4.26. The second kappa shape index (κ2) is 3.08. The molecule has 1 nitrogen and oxygen atoms in total. The highest BCUT2D eigenvalue weighted by Crippen LogP contribution is 2.22. The maximum atomic E-state index is 6.03. The van der Waals surface area contributed by atoms with Crippen molar-refractivity contribution in [3.05, 3.63) is 33.8 Å². The molecule has 0 bridgehead atoms. The van der Waals surface area contributed by atoms with E-state index in [0.717, 1.165) is 24.5 Å². The van der Waals surface area contributed by atoms with Crippen LogP contribution >= 0.6 is 11.6 Å². The highest BCUT2D eigenvalue weighted by atomic mass is 35.5. The van der Waals surface area contributed by atoms with E-state index in [2.05, 4.69) is 24.4 Å². The number of hydrogen-bond acceptors (Lipinski definition) is 1. The van der Waals surface area contributed by atoms with E-state index in [4.69, 9.17) is 11.6 Å². The molecule has 0 aromatic heterocycles. The Morgan fingerprint density at radius 1 is 1.33 bits per heavy atom. The summed E-state index contributed by atoms with van der Waals surface area (Å²) in [6.07, 6.45) is 1.11. The van der Waals surface area contributed by atoms with Crippen molar-refractivity contribution < 1.29 is 0 Å². The van der Waals surface area contributed by atoms with Crippen LogP contribution in [0.15, 0.2) is 12.1 Å². The van der Waals surface area contributed by atoms with Gasteiger partial charge in [-0.1, -0.05) is 17.7 Å². The zero-order chi connectivity index (χ0) is 8.55. The lowest BCUT2D eigenvalue weighted by molar-refractivity contribution is 0.643. The SMILES string of the molecule is Cc1cc2c(cc1Cl)CCNC2. The van der Waals surface area contributed by atoms with Gasteiger partial charge in [0, 0.05) is 11.6 Å². The van der Waals surface area contributed by atoms with Crippen molar-refractivity contribution in [3.63, 3.8) is 0 Å². The Bertz CT molecular complexity index is 276. The molecule has 0 aliphatic carbocycles. The Morgan fingerprint density at radius 2 is 2.17 bits per heavy atom. The monoisotopic (exact) mass is 181 g/mol. The van der Waals surface area contributed by atoms with Crippen LogP contribution in [-0.4, -0.2) is 6.54 Å². The van der Waals surface area contributed by atoms with Gasteiger partial charge in [-0.2, -0.15) is 0 Å². The van der Waals surface area contributed by atoms with Gasteiger partial charge in [0.2, 0.25) is 0 Å². The fourth-order valence-electron chi connectivity index (χ4n) is 1.63. The van der Waals surface area contributed by atoms with Gasteiger partial charge in [0.15, 0.2) is 0 Å². The van der Waals surface area contributed by atoms with Crippen molar-refractivity contribution in [1.82, 2.24) is 5.32 Å². The number of nitrogens with one attached hydrogen (secondary N) is 1. The zero-order valence-electron chi connectivity index (χ0n) is 7.15. The van der Waals surface area contributed by atoms with Crippen molar-refractivity contribution in [2.75, 3.05) is 6.54 Å². The van der Waals surface area contributed by atoms with Crippen LogP contribution < -0.4 is 5.32 Å². The van der Waals surface area contributed by atoms with Crippen LogP contribution in [0.4, 0.5) is 0 Å². The first-order valence-corrected chi connectivity index (χ1v) is 4.64. The first-order chi connectivity index (χ1) is 5.77. The van der Waals surface area contributed by atoms with Crippen LogP contribution in [0.25, 0.3) is 0 Å². The summed E-state index contributed by atoms with van der Waals surface area (Å²) < 4.78 is 0. The molecule has 2 heteroatoms. The summed E-state index contributed by atoms with van der Waals surface area (Å²) in [6.45, 7) is 4.12. The molecule has 0 fully saturated rings. The van der Waals surface area contributed by atoms with E-state index < -0.39 is 0 Å². The van der Waals surface area contributed by atoms with Gasteiger partial charge in [-0.05, 0) is 42.6 Å². The van der Waals surface area contributed by atoms with Gasteiger partial charge in [0.25, 0.3) is 0 Å². The third-order valence-electron chi connectivity index (χ3n) is 2.37.